The molecule has 0 unspecified atom stereocenters. The first-order chi connectivity index (χ1) is 9.99. The summed E-state index contributed by atoms with van der Waals surface area (Å²) in [5.74, 6) is 0.726. The number of aromatic nitrogens is 2. The van der Waals surface area contributed by atoms with Gasteiger partial charge in [0.1, 0.15) is 4.99 Å². The predicted molar refractivity (Wildman–Crippen MR) is 95.2 cm³/mol. The molecule has 0 atom stereocenters. The van der Waals surface area contributed by atoms with Crippen LogP contribution in [-0.4, -0.2) is 32.7 Å². The minimum absolute atomic E-state index is 0.298. The number of rotatable bonds is 5. The van der Waals surface area contributed by atoms with Gasteiger partial charge in [-0.25, -0.2) is 0 Å². The number of nitrogens with zero attached hydrogens (tertiary/aromatic N) is 2. The van der Waals surface area contributed by atoms with Crippen molar-refractivity contribution in [1.82, 2.24) is 10.2 Å². The predicted octanol–water partition coefficient (Wildman–Crippen LogP) is 3.21. The Kier molecular flexibility index (Phi) is 5.43. The van der Waals surface area contributed by atoms with Gasteiger partial charge in [0.15, 0.2) is 5.82 Å². The van der Waals surface area contributed by atoms with E-state index in [1.165, 1.54) is 32.1 Å². The molecule has 0 radical (unpaired) electrons. The van der Waals surface area contributed by atoms with Crippen molar-refractivity contribution in [1.29, 1.82) is 0 Å². The Balaban J connectivity index is 2.19. The molecule has 0 saturated heterocycles. The van der Waals surface area contributed by atoms with Crippen LogP contribution in [0.1, 0.15) is 48.9 Å². The van der Waals surface area contributed by atoms with Crippen molar-refractivity contribution in [3.63, 3.8) is 0 Å². The maximum Gasteiger partial charge on any atom is 0.159 e. The minimum Gasteiger partial charge on any atom is -0.389 e. The highest BCUT2D eigenvalue weighted by Crippen LogP contribution is 2.38. The lowest BCUT2D eigenvalue weighted by Crippen LogP contribution is -2.36. The van der Waals surface area contributed by atoms with E-state index in [0.717, 1.165) is 29.2 Å². The first-order valence-corrected chi connectivity index (χ1v) is 9.05. The van der Waals surface area contributed by atoms with Crippen LogP contribution < -0.4 is 11.1 Å². The molecule has 2 rings (SSSR count). The highest BCUT2D eigenvalue weighted by Gasteiger charge is 2.31. The van der Waals surface area contributed by atoms with Gasteiger partial charge in [-0.2, -0.15) is 16.9 Å². The monoisotopic (exact) mass is 324 g/mol. The average Bonchev–Trinajstić information content (AvgIpc) is 2.49. The summed E-state index contributed by atoms with van der Waals surface area (Å²) < 4.78 is 0.298. The van der Waals surface area contributed by atoms with Gasteiger partial charge in [0.2, 0.25) is 0 Å². The SMILES string of the molecule is CSC1(CNc2nnc(C)c(C)c2C(N)=S)CCCCC1. The second-order valence-corrected chi connectivity index (χ2v) is 7.51. The number of nitrogens with one attached hydrogen (secondary N) is 1. The molecule has 1 fully saturated rings. The van der Waals surface area contributed by atoms with E-state index in [9.17, 15) is 0 Å². The molecule has 116 valence electrons. The van der Waals surface area contributed by atoms with Gasteiger partial charge in [0.25, 0.3) is 0 Å². The Labute approximate surface area is 136 Å². The zero-order valence-corrected chi connectivity index (χ0v) is 14.7. The van der Waals surface area contributed by atoms with Gasteiger partial charge in [0, 0.05) is 11.3 Å². The Morgan fingerprint density at radius 2 is 1.95 bits per heavy atom. The Hall–Kier alpha value is -0.880. The van der Waals surface area contributed by atoms with Crippen LogP contribution in [0.3, 0.4) is 0 Å². The number of thioether (sulfide) groups is 1. The highest BCUT2D eigenvalue weighted by atomic mass is 32.2. The van der Waals surface area contributed by atoms with Gasteiger partial charge in [0.05, 0.1) is 11.3 Å². The number of hydrogen-bond acceptors (Lipinski definition) is 5. The second-order valence-electron chi connectivity index (χ2n) is 5.80. The Bertz CT molecular complexity index is 525. The molecule has 1 aromatic rings. The summed E-state index contributed by atoms with van der Waals surface area (Å²) in [4.78, 5) is 0.384. The topological polar surface area (TPSA) is 63.8 Å². The zero-order chi connectivity index (χ0) is 15.5. The van der Waals surface area contributed by atoms with E-state index in [-0.39, 0.29) is 0 Å². The van der Waals surface area contributed by atoms with Crippen LogP contribution in [0.2, 0.25) is 0 Å². The molecule has 0 spiro atoms. The van der Waals surface area contributed by atoms with E-state index >= 15 is 0 Å². The molecule has 0 aromatic carbocycles. The average molecular weight is 325 g/mol. The van der Waals surface area contributed by atoms with E-state index < -0.39 is 0 Å². The fourth-order valence-corrected chi connectivity index (χ4v) is 4.09. The summed E-state index contributed by atoms with van der Waals surface area (Å²) in [6.45, 7) is 4.81. The van der Waals surface area contributed by atoms with Crippen molar-refractivity contribution in [3.05, 3.63) is 16.8 Å². The van der Waals surface area contributed by atoms with Gasteiger partial charge < -0.3 is 11.1 Å². The summed E-state index contributed by atoms with van der Waals surface area (Å²) >= 11 is 7.15. The van der Waals surface area contributed by atoms with Crippen LogP contribution >= 0.6 is 24.0 Å². The summed E-state index contributed by atoms with van der Waals surface area (Å²) in [5.41, 5.74) is 8.61. The van der Waals surface area contributed by atoms with Gasteiger partial charge in [-0.1, -0.05) is 31.5 Å². The highest BCUT2D eigenvalue weighted by molar-refractivity contribution is 8.00. The molecule has 6 heteroatoms. The normalized spacial score (nSPS) is 17.5. The second kappa shape index (κ2) is 6.92. The fourth-order valence-electron chi connectivity index (χ4n) is 2.93. The van der Waals surface area contributed by atoms with Crippen LogP contribution in [0.15, 0.2) is 0 Å². The van der Waals surface area contributed by atoms with E-state index in [1.807, 2.05) is 25.6 Å². The molecular weight excluding hydrogens is 300 g/mol. The number of nitrogens with two attached hydrogens (primary N) is 1. The standard InChI is InChI=1S/C15H24N4S2/c1-10-11(2)18-19-14(12(10)13(16)20)17-9-15(21-3)7-5-4-6-8-15/h4-9H2,1-3H3,(H2,16,20)(H,17,19). The molecule has 0 bridgehead atoms. The van der Waals surface area contributed by atoms with Crippen LogP contribution in [-0.2, 0) is 0 Å². The van der Waals surface area contributed by atoms with Crippen LogP contribution in [0.5, 0.6) is 0 Å². The summed E-state index contributed by atoms with van der Waals surface area (Å²) in [6, 6.07) is 0. The largest absolute Gasteiger partial charge is 0.389 e. The smallest absolute Gasteiger partial charge is 0.159 e. The number of thiocarbonyl (C=S) groups is 1. The summed E-state index contributed by atoms with van der Waals surface area (Å²) in [5, 5.41) is 11.9. The van der Waals surface area contributed by atoms with Gasteiger partial charge in [-0.3, -0.25) is 0 Å². The quantitative estimate of drug-likeness (QED) is 0.811. The van der Waals surface area contributed by atoms with E-state index in [1.54, 1.807) is 0 Å². The third kappa shape index (κ3) is 3.66. The molecule has 1 saturated carbocycles. The van der Waals surface area contributed by atoms with Crippen LogP contribution in [0.25, 0.3) is 0 Å². The molecule has 21 heavy (non-hydrogen) atoms. The van der Waals surface area contributed by atoms with Crippen molar-refractivity contribution in [2.45, 2.75) is 50.7 Å². The number of hydrogen-bond donors (Lipinski definition) is 2. The van der Waals surface area contributed by atoms with Crippen LogP contribution in [0.4, 0.5) is 5.82 Å². The number of anilines is 1. The zero-order valence-electron chi connectivity index (χ0n) is 13.0. The maximum absolute atomic E-state index is 5.88. The third-order valence-electron chi connectivity index (χ3n) is 4.48. The van der Waals surface area contributed by atoms with E-state index in [4.69, 9.17) is 18.0 Å². The first kappa shape index (κ1) is 16.5. The van der Waals surface area contributed by atoms with Crippen molar-refractivity contribution in [3.8, 4) is 0 Å². The summed E-state index contributed by atoms with van der Waals surface area (Å²) in [7, 11) is 0. The number of aryl methyl sites for hydroxylation is 1. The van der Waals surface area contributed by atoms with Crippen molar-refractivity contribution < 1.29 is 0 Å². The van der Waals surface area contributed by atoms with Crippen molar-refractivity contribution in [2.24, 2.45) is 5.73 Å². The molecule has 3 N–H and O–H groups in total. The van der Waals surface area contributed by atoms with Crippen molar-refractivity contribution >= 4 is 34.8 Å². The molecule has 1 aromatic heterocycles. The lowest BCUT2D eigenvalue weighted by Gasteiger charge is -2.36. The van der Waals surface area contributed by atoms with Gasteiger partial charge in [-0.05, 0) is 38.5 Å². The molecule has 1 heterocycles. The van der Waals surface area contributed by atoms with Gasteiger partial charge >= 0.3 is 0 Å². The van der Waals surface area contributed by atoms with Crippen LogP contribution in [0, 0.1) is 13.8 Å². The van der Waals surface area contributed by atoms with Gasteiger partial charge in [-0.15, -0.1) is 5.10 Å². The Morgan fingerprint density at radius 3 is 2.52 bits per heavy atom. The third-order valence-corrected chi connectivity index (χ3v) is 6.10. The lowest BCUT2D eigenvalue weighted by atomic mass is 9.88. The molecule has 1 aliphatic rings. The van der Waals surface area contributed by atoms with Crippen molar-refractivity contribution in [2.75, 3.05) is 18.1 Å². The Morgan fingerprint density at radius 1 is 1.29 bits per heavy atom. The molecule has 4 nitrogen and oxygen atoms in total. The van der Waals surface area contributed by atoms with E-state index in [2.05, 4.69) is 21.8 Å². The molecule has 0 amide bonds. The molecule has 0 aliphatic heterocycles. The first-order valence-electron chi connectivity index (χ1n) is 7.42. The minimum atomic E-state index is 0.298. The fraction of sp³-hybridized carbons (Fsp3) is 0.667. The maximum atomic E-state index is 5.88. The lowest BCUT2D eigenvalue weighted by molar-refractivity contribution is 0.411. The summed E-state index contributed by atoms with van der Waals surface area (Å²) in [6.07, 6.45) is 8.67. The molecule has 1 aliphatic carbocycles. The molecular formula is C15H24N4S2. The van der Waals surface area contributed by atoms with E-state index in [0.29, 0.717) is 9.74 Å².